The third-order valence-electron chi connectivity index (χ3n) is 3.16. The van der Waals surface area contributed by atoms with E-state index in [0.29, 0.717) is 23.0 Å². The molecule has 0 amide bonds. The van der Waals surface area contributed by atoms with E-state index in [-0.39, 0.29) is 11.5 Å². The van der Waals surface area contributed by atoms with Crippen molar-refractivity contribution in [3.05, 3.63) is 34.0 Å². The van der Waals surface area contributed by atoms with Crippen molar-refractivity contribution in [2.75, 3.05) is 12.0 Å². The van der Waals surface area contributed by atoms with E-state index in [1.54, 1.807) is 13.1 Å². The van der Waals surface area contributed by atoms with Gasteiger partial charge in [0.1, 0.15) is 4.83 Å². The summed E-state index contributed by atoms with van der Waals surface area (Å²) in [5.41, 5.74) is 6.64. The van der Waals surface area contributed by atoms with Gasteiger partial charge < -0.3 is 5.32 Å². The number of nitrogens with zero attached hydrogens (tertiary/aromatic N) is 2. The van der Waals surface area contributed by atoms with E-state index < -0.39 is 0 Å². The Hall–Kier alpha value is -1.93. The SMILES string of the molecule is C=CCNC(=S)NNc1nc2scc(C(C)C)c2c(=O)n1C. The van der Waals surface area contributed by atoms with Gasteiger partial charge in [-0.15, -0.1) is 17.9 Å². The lowest BCUT2D eigenvalue weighted by Crippen LogP contribution is -2.40. The number of hydrogen-bond acceptors (Lipinski definition) is 5. The lowest BCUT2D eigenvalue weighted by molar-refractivity contribution is 0.821. The minimum Gasteiger partial charge on any atom is -0.358 e. The number of anilines is 1. The zero-order valence-electron chi connectivity index (χ0n) is 12.8. The smallest absolute Gasteiger partial charge is 0.263 e. The van der Waals surface area contributed by atoms with Gasteiger partial charge in [0.15, 0.2) is 5.11 Å². The van der Waals surface area contributed by atoms with Crippen molar-refractivity contribution in [1.82, 2.24) is 20.3 Å². The first-order valence-corrected chi connectivity index (χ1v) is 8.13. The maximum Gasteiger partial charge on any atom is 0.263 e. The third kappa shape index (κ3) is 3.28. The summed E-state index contributed by atoms with van der Waals surface area (Å²) in [6, 6.07) is 0. The number of thiocarbonyl (C=S) groups is 1. The van der Waals surface area contributed by atoms with Gasteiger partial charge in [0.05, 0.1) is 5.39 Å². The Labute approximate surface area is 138 Å². The molecule has 8 heteroatoms. The van der Waals surface area contributed by atoms with Crippen molar-refractivity contribution in [1.29, 1.82) is 0 Å². The molecule has 0 bridgehead atoms. The van der Waals surface area contributed by atoms with Crippen molar-refractivity contribution < 1.29 is 0 Å². The highest BCUT2D eigenvalue weighted by Crippen LogP contribution is 2.28. The molecule has 0 aliphatic rings. The molecule has 118 valence electrons. The molecule has 2 heterocycles. The quantitative estimate of drug-likeness (QED) is 0.441. The molecule has 22 heavy (non-hydrogen) atoms. The maximum absolute atomic E-state index is 12.6. The van der Waals surface area contributed by atoms with Gasteiger partial charge in [-0.05, 0) is 29.1 Å². The van der Waals surface area contributed by atoms with Crippen molar-refractivity contribution in [3.63, 3.8) is 0 Å². The van der Waals surface area contributed by atoms with Gasteiger partial charge in [0.2, 0.25) is 5.95 Å². The normalized spacial score (nSPS) is 10.7. The van der Waals surface area contributed by atoms with Crippen LogP contribution in [0.25, 0.3) is 10.2 Å². The highest BCUT2D eigenvalue weighted by atomic mass is 32.1. The molecule has 0 saturated carbocycles. The molecule has 0 radical (unpaired) electrons. The molecule has 0 aliphatic carbocycles. The number of thiophene rings is 1. The summed E-state index contributed by atoms with van der Waals surface area (Å²) >= 11 is 6.56. The number of nitrogens with one attached hydrogen (secondary N) is 3. The fourth-order valence-electron chi connectivity index (χ4n) is 1.95. The van der Waals surface area contributed by atoms with Crippen LogP contribution in [0.4, 0.5) is 5.95 Å². The molecule has 0 aromatic carbocycles. The van der Waals surface area contributed by atoms with E-state index in [4.69, 9.17) is 12.2 Å². The number of rotatable bonds is 5. The minimum absolute atomic E-state index is 0.0655. The van der Waals surface area contributed by atoms with E-state index in [1.165, 1.54) is 15.9 Å². The lowest BCUT2D eigenvalue weighted by Gasteiger charge is -2.13. The van der Waals surface area contributed by atoms with Crippen molar-refractivity contribution in [2.24, 2.45) is 7.05 Å². The molecule has 3 N–H and O–H groups in total. The molecule has 0 aliphatic heterocycles. The maximum atomic E-state index is 12.6. The van der Waals surface area contributed by atoms with Crippen molar-refractivity contribution >= 4 is 44.8 Å². The van der Waals surface area contributed by atoms with Crippen LogP contribution < -0.4 is 21.7 Å². The van der Waals surface area contributed by atoms with Crippen LogP contribution in [-0.4, -0.2) is 21.2 Å². The molecule has 0 fully saturated rings. The summed E-state index contributed by atoms with van der Waals surface area (Å²) in [6.45, 7) is 8.29. The van der Waals surface area contributed by atoms with Crippen LogP contribution in [0.1, 0.15) is 25.3 Å². The molecule has 2 rings (SSSR count). The van der Waals surface area contributed by atoms with Gasteiger partial charge in [-0.25, -0.2) is 4.98 Å². The summed E-state index contributed by atoms with van der Waals surface area (Å²) in [6.07, 6.45) is 1.70. The lowest BCUT2D eigenvalue weighted by atomic mass is 10.0. The molecule has 0 unspecified atom stereocenters. The third-order valence-corrected chi connectivity index (χ3v) is 4.30. The van der Waals surface area contributed by atoms with Crippen LogP contribution >= 0.6 is 23.6 Å². The molecular formula is C14H19N5OS2. The highest BCUT2D eigenvalue weighted by molar-refractivity contribution is 7.80. The Kier molecular flexibility index (Phi) is 5.15. The molecular weight excluding hydrogens is 318 g/mol. The largest absolute Gasteiger partial charge is 0.358 e. The van der Waals surface area contributed by atoms with Gasteiger partial charge in [-0.1, -0.05) is 19.9 Å². The zero-order chi connectivity index (χ0) is 16.3. The van der Waals surface area contributed by atoms with Gasteiger partial charge in [-0.3, -0.25) is 20.2 Å². The van der Waals surface area contributed by atoms with E-state index >= 15 is 0 Å². The van der Waals surface area contributed by atoms with E-state index in [1.807, 2.05) is 5.38 Å². The first kappa shape index (κ1) is 16.4. The van der Waals surface area contributed by atoms with E-state index in [2.05, 4.69) is 41.6 Å². The van der Waals surface area contributed by atoms with Crippen molar-refractivity contribution in [3.8, 4) is 0 Å². The van der Waals surface area contributed by atoms with E-state index in [0.717, 1.165) is 10.4 Å². The van der Waals surface area contributed by atoms with Gasteiger partial charge >= 0.3 is 0 Å². The predicted molar refractivity (Wildman–Crippen MR) is 96.5 cm³/mol. The zero-order valence-corrected chi connectivity index (χ0v) is 14.4. The summed E-state index contributed by atoms with van der Waals surface area (Å²) < 4.78 is 1.48. The average molecular weight is 337 g/mol. The minimum atomic E-state index is -0.0655. The molecule has 2 aromatic heterocycles. The second-order valence-corrected chi connectivity index (χ2v) is 6.34. The van der Waals surface area contributed by atoms with Crippen LogP contribution in [0.3, 0.4) is 0 Å². The van der Waals surface area contributed by atoms with Crippen LogP contribution in [0.2, 0.25) is 0 Å². The van der Waals surface area contributed by atoms with Crippen LogP contribution in [0, 0.1) is 0 Å². The number of aromatic nitrogens is 2. The average Bonchev–Trinajstić information content (AvgIpc) is 2.91. The second-order valence-electron chi connectivity index (χ2n) is 5.07. The first-order chi connectivity index (χ1) is 10.5. The molecule has 6 nitrogen and oxygen atoms in total. The Balaban J connectivity index is 2.29. The second kappa shape index (κ2) is 6.89. The summed E-state index contributed by atoms with van der Waals surface area (Å²) in [4.78, 5) is 17.8. The monoisotopic (exact) mass is 337 g/mol. The van der Waals surface area contributed by atoms with E-state index in [9.17, 15) is 4.79 Å². The Morgan fingerprint density at radius 2 is 2.32 bits per heavy atom. The Morgan fingerprint density at radius 1 is 1.59 bits per heavy atom. The predicted octanol–water partition coefficient (Wildman–Crippen LogP) is 2.10. The molecule has 0 spiro atoms. The molecule has 2 aromatic rings. The standard InChI is InChI=1S/C14H19N5OS2/c1-5-6-15-14(21)18-17-13-16-11-10(12(20)19(13)4)9(7-22-11)8(2)3/h5,7-8H,1,6H2,2-4H3,(H,16,17)(H2,15,18,21). The summed E-state index contributed by atoms with van der Waals surface area (Å²) in [5, 5.41) is 6.02. The fourth-order valence-corrected chi connectivity index (χ4v) is 3.18. The fraction of sp³-hybridized carbons (Fsp3) is 0.357. The summed E-state index contributed by atoms with van der Waals surface area (Å²) in [7, 11) is 1.68. The highest BCUT2D eigenvalue weighted by Gasteiger charge is 2.15. The molecule has 0 saturated heterocycles. The number of fused-ring (bicyclic) bond motifs is 1. The van der Waals surface area contributed by atoms with Crippen molar-refractivity contribution in [2.45, 2.75) is 19.8 Å². The topological polar surface area (TPSA) is 71.0 Å². The van der Waals surface area contributed by atoms with Crippen LogP contribution in [-0.2, 0) is 7.05 Å². The number of hydrogen-bond donors (Lipinski definition) is 3. The van der Waals surface area contributed by atoms with Crippen LogP contribution in [0.5, 0.6) is 0 Å². The summed E-state index contributed by atoms with van der Waals surface area (Å²) in [5.74, 6) is 0.702. The van der Waals surface area contributed by atoms with Crippen LogP contribution in [0.15, 0.2) is 22.8 Å². The first-order valence-electron chi connectivity index (χ1n) is 6.84. The molecule has 0 atom stereocenters. The van der Waals surface area contributed by atoms with Gasteiger partial charge in [0.25, 0.3) is 5.56 Å². The van der Waals surface area contributed by atoms with Gasteiger partial charge in [-0.2, -0.15) is 0 Å². The van der Waals surface area contributed by atoms with Gasteiger partial charge in [0, 0.05) is 13.6 Å². The number of hydrazine groups is 1. The Morgan fingerprint density at radius 3 is 2.95 bits per heavy atom. The Bertz CT molecular complexity index is 762.